The van der Waals surface area contributed by atoms with Crippen molar-refractivity contribution in [3.05, 3.63) is 101 Å². The Morgan fingerprint density at radius 1 is 1.06 bits per heavy atom. The third kappa shape index (κ3) is 3.52. The number of fused-ring (bicyclic) bond motifs is 2. The van der Waals surface area contributed by atoms with Gasteiger partial charge in [0.15, 0.2) is 0 Å². The van der Waals surface area contributed by atoms with Gasteiger partial charge in [-0.05, 0) is 47.9 Å². The van der Waals surface area contributed by atoms with E-state index in [1.807, 2.05) is 65.7 Å². The van der Waals surface area contributed by atoms with Gasteiger partial charge >= 0.3 is 0 Å². The second kappa shape index (κ2) is 8.36. The van der Waals surface area contributed by atoms with E-state index in [-0.39, 0.29) is 17.7 Å². The zero-order valence-corrected chi connectivity index (χ0v) is 19.2. The number of aromatic hydroxyl groups is 1. The minimum Gasteiger partial charge on any atom is -0.508 e. The van der Waals surface area contributed by atoms with Crippen LogP contribution in [0.4, 0.5) is 0 Å². The van der Waals surface area contributed by atoms with Gasteiger partial charge in [0.2, 0.25) is 0 Å². The van der Waals surface area contributed by atoms with Crippen LogP contribution in [0.2, 0.25) is 0 Å². The average Bonchev–Trinajstić information content (AvgIpc) is 3.57. The molecule has 0 aliphatic carbocycles. The van der Waals surface area contributed by atoms with E-state index in [1.54, 1.807) is 25.3 Å². The van der Waals surface area contributed by atoms with E-state index >= 15 is 0 Å². The summed E-state index contributed by atoms with van der Waals surface area (Å²) in [5.41, 5.74) is 6.01. The maximum Gasteiger partial charge on any atom is 0.273 e. The fourth-order valence-electron chi connectivity index (χ4n) is 5.02. The number of nitrogens with one attached hydrogen (secondary N) is 2. The number of methoxy groups -OCH3 is 1. The van der Waals surface area contributed by atoms with E-state index in [2.05, 4.69) is 15.2 Å². The number of nitrogens with zero attached hydrogens (tertiary/aromatic N) is 2. The molecule has 7 heteroatoms. The van der Waals surface area contributed by atoms with Crippen molar-refractivity contribution in [2.75, 3.05) is 13.7 Å². The molecule has 0 radical (unpaired) electrons. The highest BCUT2D eigenvalue weighted by Crippen LogP contribution is 2.43. The standard InChI is InChI=1S/C28H24N4O3/c1-35-21-10-11-23-22(15-21)19(16-29-23)12-13-32-27(18-8-5-9-20(33)14-18)24-25(17-6-3-2-4-7-17)30-31-26(24)28(32)34/h2-11,14-16,27,29,33H,12-13H2,1H3,(H,30,31)/t27-/m0/s1. The number of hydrogen-bond donors (Lipinski definition) is 3. The summed E-state index contributed by atoms with van der Waals surface area (Å²) in [6, 6.07) is 22.5. The van der Waals surface area contributed by atoms with Gasteiger partial charge < -0.3 is 19.7 Å². The Balaban J connectivity index is 1.40. The topological polar surface area (TPSA) is 94.2 Å². The highest BCUT2D eigenvalue weighted by Gasteiger charge is 2.42. The molecular weight excluding hydrogens is 440 g/mol. The van der Waals surface area contributed by atoms with Crippen LogP contribution in [0.1, 0.15) is 33.2 Å². The second-order valence-electron chi connectivity index (χ2n) is 8.70. The number of carbonyl (C=O) groups is 1. The van der Waals surface area contributed by atoms with Crippen LogP contribution in [0.3, 0.4) is 0 Å². The maximum absolute atomic E-state index is 13.6. The first kappa shape index (κ1) is 21.0. The molecule has 1 aliphatic heterocycles. The molecule has 0 saturated carbocycles. The monoisotopic (exact) mass is 464 g/mol. The zero-order chi connectivity index (χ0) is 23.9. The van der Waals surface area contributed by atoms with Gasteiger partial charge in [0, 0.05) is 34.8 Å². The van der Waals surface area contributed by atoms with E-state index in [0.717, 1.165) is 44.6 Å². The van der Waals surface area contributed by atoms with Gasteiger partial charge in [-0.2, -0.15) is 5.10 Å². The van der Waals surface area contributed by atoms with Gasteiger partial charge in [0.1, 0.15) is 17.2 Å². The van der Waals surface area contributed by atoms with E-state index in [0.29, 0.717) is 18.7 Å². The molecule has 1 atom stereocenters. The Bertz CT molecular complexity index is 1540. The van der Waals surface area contributed by atoms with Crippen LogP contribution in [0, 0.1) is 0 Å². The third-order valence-corrected chi connectivity index (χ3v) is 6.69. The number of rotatable bonds is 6. The SMILES string of the molecule is COc1ccc2[nH]cc(CCN3C(=O)c4[nH]nc(-c5ccccc5)c4[C@@H]3c3cccc(O)c3)c2c1. The first-order valence-electron chi connectivity index (χ1n) is 11.5. The fourth-order valence-corrected chi connectivity index (χ4v) is 5.02. The number of aromatic amines is 2. The number of carbonyl (C=O) groups excluding carboxylic acids is 1. The Morgan fingerprint density at radius 2 is 1.91 bits per heavy atom. The van der Waals surface area contributed by atoms with Gasteiger partial charge in [-0.15, -0.1) is 0 Å². The van der Waals surface area contributed by atoms with Crippen molar-refractivity contribution in [2.24, 2.45) is 0 Å². The predicted octanol–water partition coefficient (Wildman–Crippen LogP) is 5.06. The number of amides is 1. The lowest BCUT2D eigenvalue weighted by molar-refractivity contribution is 0.0746. The molecule has 1 amide bonds. The van der Waals surface area contributed by atoms with Crippen LogP contribution < -0.4 is 4.74 Å². The molecule has 1 aliphatic rings. The summed E-state index contributed by atoms with van der Waals surface area (Å²) >= 11 is 0. The molecule has 6 rings (SSSR count). The van der Waals surface area contributed by atoms with Crippen LogP contribution in [0.5, 0.6) is 11.5 Å². The lowest BCUT2D eigenvalue weighted by Gasteiger charge is -2.26. The summed E-state index contributed by atoms with van der Waals surface area (Å²) in [6.07, 6.45) is 2.65. The zero-order valence-electron chi connectivity index (χ0n) is 19.2. The van der Waals surface area contributed by atoms with Gasteiger partial charge in [0.05, 0.1) is 18.8 Å². The van der Waals surface area contributed by atoms with E-state index in [4.69, 9.17) is 4.74 Å². The van der Waals surface area contributed by atoms with Gasteiger partial charge in [-0.25, -0.2) is 0 Å². The van der Waals surface area contributed by atoms with Gasteiger partial charge in [-0.1, -0.05) is 42.5 Å². The largest absolute Gasteiger partial charge is 0.508 e. The van der Waals surface area contributed by atoms with Crippen LogP contribution in [0.15, 0.2) is 79.0 Å². The predicted molar refractivity (Wildman–Crippen MR) is 134 cm³/mol. The number of phenols is 1. The van der Waals surface area contributed by atoms with E-state index < -0.39 is 0 Å². The molecule has 7 nitrogen and oxygen atoms in total. The Morgan fingerprint density at radius 3 is 2.71 bits per heavy atom. The van der Waals surface area contributed by atoms with Crippen molar-refractivity contribution >= 4 is 16.8 Å². The molecule has 0 saturated heterocycles. The fraction of sp³-hybridized carbons (Fsp3) is 0.143. The summed E-state index contributed by atoms with van der Waals surface area (Å²) < 4.78 is 5.40. The second-order valence-corrected chi connectivity index (χ2v) is 8.70. The summed E-state index contributed by atoms with van der Waals surface area (Å²) in [5.74, 6) is 0.860. The van der Waals surface area contributed by atoms with Crippen molar-refractivity contribution in [2.45, 2.75) is 12.5 Å². The molecule has 5 aromatic rings. The molecule has 0 spiro atoms. The van der Waals surface area contributed by atoms with Gasteiger partial charge in [-0.3, -0.25) is 9.89 Å². The highest BCUT2D eigenvalue weighted by atomic mass is 16.5. The minimum atomic E-state index is -0.363. The van der Waals surface area contributed by atoms with Crippen molar-refractivity contribution in [1.29, 1.82) is 0 Å². The summed E-state index contributed by atoms with van der Waals surface area (Å²) in [4.78, 5) is 18.8. The molecular formula is C28H24N4O3. The smallest absolute Gasteiger partial charge is 0.273 e. The Hall–Kier alpha value is -4.52. The Labute approximate surface area is 202 Å². The minimum absolute atomic E-state index is 0.0968. The number of benzene rings is 3. The molecule has 3 aromatic carbocycles. The first-order chi connectivity index (χ1) is 17.1. The molecule has 0 unspecified atom stereocenters. The summed E-state index contributed by atoms with van der Waals surface area (Å²) in [6.45, 7) is 0.500. The number of H-pyrrole nitrogens is 2. The van der Waals surface area contributed by atoms with E-state index in [1.165, 1.54) is 0 Å². The average molecular weight is 465 g/mol. The normalized spacial score (nSPS) is 15.1. The van der Waals surface area contributed by atoms with Crippen LogP contribution in [-0.2, 0) is 6.42 Å². The Kier molecular flexibility index (Phi) is 5.03. The van der Waals surface area contributed by atoms with Gasteiger partial charge in [0.25, 0.3) is 5.91 Å². The maximum atomic E-state index is 13.6. The number of ether oxygens (including phenoxy) is 1. The molecule has 35 heavy (non-hydrogen) atoms. The summed E-state index contributed by atoms with van der Waals surface area (Å²) in [7, 11) is 1.66. The molecule has 3 N–H and O–H groups in total. The van der Waals surface area contributed by atoms with Crippen LogP contribution in [-0.4, -0.2) is 44.7 Å². The van der Waals surface area contributed by atoms with Crippen LogP contribution >= 0.6 is 0 Å². The quantitative estimate of drug-likeness (QED) is 0.327. The molecule has 0 bridgehead atoms. The number of hydrogen-bond acceptors (Lipinski definition) is 4. The van der Waals surface area contributed by atoms with Crippen molar-refractivity contribution in [3.8, 4) is 22.8 Å². The first-order valence-corrected chi connectivity index (χ1v) is 11.5. The molecule has 3 heterocycles. The lowest BCUT2D eigenvalue weighted by atomic mass is 9.95. The lowest BCUT2D eigenvalue weighted by Crippen LogP contribution is -2.31. The molecule has 174 valence electrons. The van der Waals surface area contributed by atoms with Crippen LogP contribution in [0.25, 0.3) is 22.2 Å². The summed E-state index contributed by atoms with van der Waals surface area (Å²) in [5, 5.41) is 18.8. The highest BCUT2D eigenvalue weighted by molar-refractivity contribution is 6.00. The third-order valence-electron chi connectivity index (χ3n) is 6.69. The number of aromatic nitrogens is 3. The molecule has 0 fully saturated rings. The van der Waals surface area contributed by atoms with E-state index in [9.17, 15) is 9.90 Å². The van der Waals surface area contributed by atoms with Crippen molar-refractivity contribution in [3.63, 3.8) is 0 Å². The molecule has 2 aromatic heterocycles. The van der Waals surface area contributed by atoms with Crippen molar-refractivity contribution in [1.82, 2.24) is 20.1 Å². The number of phenolic OH excluding ortho intramolecular Hbond substituents is 1. The van der Waals surface area contributed by atoms with Crippen molar-refractivity contribution < 1.29 is 14.6 Å².